The van der Waals surface area contributed by atoms with Crippen molar-refractivity contribution in [1.29, 1.82) is 0 Å². The Kier molecular flexibility index (Phi) is 2.93. The van der Waals surface area contributed by atoms with Gasteiger partial charge in [0.1, 0.15) is 0 Å². The van der Waals surface area contributed by atoms with Crippen molar-refractivity contribution in [2.45, 2.75) is 0 Å². The molecule has 16 heavy (non-hydrogen) atoms. The first-order valence-electron chi connectivity index (χ1n) is 5.29. The van der Waals surface area contributed by atoms with Crippen molar-refractivity contribution in [2.24, 2.45) is 5.64 Å². The Labute approximate surface area is 96.8 Å². The van der Waals surface area contributed by atoms with E-state index in [4.69, 9.17) is 5.64 Å². The largest absolute Gasteiger partial charge is 0.362 e. The zero-order valence-corrected chi connectivity index (χ0v) is 9.19. The Bertz CT molecular complexity index is 497. The van der Waals surface area contributed by atoms with Crippen LogP contribution in [0.3, 0.4) is 0 Å². The standard InChI is InChI=1S/C14H14BN/c1-3-11-9-10-12-7-5-6-8-14(12)15(16)13(11)4-2/h3-10H,1-2,16H2. The maximum absolute atomic E-state index is 6.25. The molecule has 0 radical (unpaired) electrons. The summed E-state index contributed by atoms with van der Waals surface area (Å²) >= 11 is 0. The van der Waals surface area contributed by atoms with E-state index in [1.165, 1.54) is 0 Å². The minimum Gasteiger partial charge on any atom is -0.362 e. The molecule has 0 saturated carbocycles. The summed E-state index contributed by atoms with van der Waals surface area (Å²) in [6.45, 7) is 7.51. The maximum Gasteiger partial charge on any atom is 0.287 e. The smallest absolute Gasteiger partial charge is 0.287 e. The molecule has 1 nitrogen and oxygen atoms in total. The zero-order chi connectivity index (χ0) is 11.5. The number of nitrogens with two attached hydrogens (primary N) is 1. The Morgan fingerprint density at radius 1 is 1.06 bits per heavy atom. The number of rotatable bonds is 2. The van der Waals surface area contributed by atoms with Crippen molar-refractivity contribution in [3.8, 4) is 0 Å². The third kappa shape index (κ3) is 1.68. The van der Waals surface area contributed by atoms with Crippen LogP contribution >= 0.6 is 0 Å². The fourth-order valence-electron chi connectivity index (χ4n) is 2.00. The van der Waals surface area contributed by atoms with Crippen molar-refractivity contribution in [3.63, 3.8) is 0 Å². The second-order valence-corrected chi connectivity index (χ2v) is 3.76. The van der Waals surface area contributed by atoms with Crippen LogP contribution in [0.1, 0.15) is 5.56 Å². The van der Waals surface area contributed by atoms with Gasteiger partial charge in [0.2, 0.25) is 0 Å². The molecule has 0 fully saturated rings. The van der Waals surface area contributed by atoms with Gasteiger partial charge in [0.05, 0.1) is 0 Å². The van der Waals surface area contributed by atoms with Crippen molar-refractivity contribution in [3.05, 3.63) is 72.3 Å². The molecular formula is C14H14BN. The van der Waals surface area contributed by atoms with Gasteiger partial charge in [0.15, 0.2) is 0 Å². The van der Waals surface area contributed by atoms with Gasteiger partial charge in [-0.2, -0.15) is 0 Å². The van der Waals surface area contributed by atoms with Gasteiger partial charge >= 0.3 is 0 Å². The second-order valence-electron chi connectivity index (χ2n) is 3.76. The maximum atomic E-state index is 6.25. The first-order chi connectivity index (χ1) is 7.77. The average Bonchev–Trinajstić information content (AvgIpc) is 2.46. The predicted octanol–water partition coefficient (Wildman–Crippen LogP) is 2.08. The van der Waals surface area contributed by atoms with Crippen LogP contribution in [0.25, 0.3) is 6.08 Å². The van der Waals surface area contributed by atoms with Crippen LogP contribution in [-0.2, 0) is 0 Å². The summed E-state index contributed by atoms with van der Waals surface area (Å²) in [5.41, 5.74) is 10.6. The molecule has 0 spiro atoms. The highest BCUT2D eigenvalue weighted by Gasteiger charge is 2.21. The highest BCUT2D eigenvalue weighted by Crippen LogP contribution is 2.17. The average molecular weight is 207 g/mol. The molecule has 2 N–H and O–H groups in total. The summed E-state index contributed by atoms with van der Waals surface area (Å²) in [5.74, 6) is 0. The summed E-state index contributed by atoms with van der Waals surface area (Å²) in [4.78, 5) is 0. The number of hydrogen-bond donors (Lipinski definition) is 1. The van der Waals surface area contributed by atoms with Crippen LogP contribution in [0, 0.1) is 0 Å². The van der Waals surface area contributed by atoms with Crippen molar-refractivity contribution in [1.82, 2.24) is 0 Å². The molecule has 0 atom stereocenters. The second kappa shape index (κ2) is 4.37. The van der Waals surface area contributed by atoms with E-state index in [1.54, 1.807) is 0 Å². The fraction of sp³-hybridized carbons (Fsp3) is 0. The van der Waals surface area contributed by atoms with E-state index in [0.717, 1.165) is 22.1 Å². The highest BCUT2D eigenvalue weighted by molar-refractivity contribution is 6.78. The van der Waals surface area contributed by atoms with Gasteiger partial charge in [-0.25, -0.2) is 0 Å². The Balaban J connectivity index is 2.64. The molecule has 2 rings (SSSR count). The van der Waals surface area contributed by atoms with Crippen LogP contribution in [0.2, 0.25) is 0 Å². The fourth-order valence-corrected chi connectivity index (χ4v) is 2.00. The molecule has 0 saturated heterocycles. The Morgan fingerprint density at radius 2 is 1.81 bits per heavy atom. The minimum absolute atomic E-state index is 0.128. The molecule has 1 aliphatic rings. The molecule has 1 heterocycles. The van der Waals surface area contributed by atoms with Crippen LogP contribution in [-0.4, -0.2) is 6.85 Å². The molecule has 1 aliphatic heterocycles. The van der Waals surface area contributed by atoms with E-state index < -0.39 is 0 Å². The molecule has 1 aromatic carbocycles. The van der Waals surface area contributed by atoms with E-state index in [2.05, 4.69) is 31.4 Å². The lowest BCUT2D eigenvalue weighted by atomic mass is 9.50. The van der Waals surface area contributed by atoms with E-state index in [9.17, 15) is 0 Å². The molecule has 2 heteroatoms. The number of hydrogen-bond acceptors (Lipinski definition) is 1. The summed E-state index contributed by atoms with van der Waals surface area (Å²) in [7, 11) is 0. The molecule has 0 unspecified atom stereocenters. The summed E-state index contributed by atoms with van der Waals surface area (Å²) < 4.78 is 0. The van der Waals surface area contributed by atoms with E-state index in [1.807, 2.05) is 30.4 Å². The minimum atomic E-state index is -0.128. The number of allylic oxidation sites excluding steroid dienone is 5. The molecule has 0 aliphatic carbocycles. The van der Waals surface area contributed by atoms with E-state index >= 15 is 0 Å². The van der Waals surface area contributed by atoms with Crippen molar-refractivity contribution >= 4 is 18.4 Å². The first-order valence-corrected chi connectivity index (χ1v) is 5.29. The predicted molar refractivity (Wildman–Crippen MR) is 72.5 cm³/mol. The van der Waals surface area contributed by atoms with Crippen LogP contribution in [0.4, 0.5) is 0 Å². The van der Waals surface area contributed by atoms with Crippen molar-refractivity contribution < 1.29 is 0 Å². The topological polar surface area (TPSA) is 26.0 Å². The first kappa shape index (κ1) is 10.7. The summed E-state index contributed by atoms with van der Waals surface area (Å²) in [5, 5.41) is 0. The van der Waals surface area contributed by atoms with Gasteiger partial charge < -0.3 is 5.64 Å². The Hall–Kier alpha value is -1.80. The van der Waals surface area contributed by atoms with Gasteiger partial charge in [0, 0.05) is 0 Å². The normalized spacial score (nSPS) is 14.4. The van der Waals surface area contributed by atoms with E-state index in [-0.39, 0.29) is 6.85 Å². The third-order valence-corrected chi connectivity index (χ3v) is 2.88. The lowest BCUT2D eigenvalue weighted by Crippen LogP contribution is -2.42. The van der Waals surface area contributed by atoms with Gasteiger partial charge in [-0.1, -0.05) is 72.7 Å². The third-order valence-electron chi connectivity index (χ3n) is 2.88. The van der Waals surface area contributed by atoms with Crippen molar-refractivity contribution in [2.75, 3.05) is 0 Å². The van der Waals surface area contributed by atoms with Crippen LogP contribution < -0.4 is 11.1 Å². The lowest BCUT2D eigenvalue weighted by Gasteiger charge is -2.11. The monoisotopic (exact) mass is 207 g/mol. The van der Waals surface area contributed by atoms with E-state index in [0.29, 0.717) is 0 Å². The summed E-state index contributed by atoms with van der Waals surface area (Å²) in [6.07, 6.45) is 7.74. The quantitative estimate of drug-likeness (QED) is 0.738. The number of benzene rings is 1. The highest BCUT2D eigenvalue weighted by atomic mass is 14.4. The SMILES string of the molecule is C=CC1=C(C=C)B(N)c2ccccc2C=C1. The molecule has 0 amide bonds. The lowest BCUT2D eigenvalue weighted by molar-refractivity contribution is 1.63. The van der Waals surface area contributed by atoms with Crippen LogP contribution in [0.15, 0.2) is 66.7 Å². The summed E-state index contributed by atoms with van der Waals surface area (Å²) in [6, 6.07) is 8.15. The molecule has 0 aromatic heterocycles. The van der Waals surface area contributed by atoms with Gasteiger partial charge in [-0.05, 0) is 11.1 Å². The Morgan fingerprint density at radius 3 is 2.50 bits per heavy atom. The van der Waals surface area contributed by atoms with Gasteiger partial charge in [-0.3, -0.25) is 0 Å². The molecule has 0 bridgehead atoms. The van der Waals surface area contributed by atoms with Gasteiger partial charge in [-0.15, -0.1) is 0 Å². The molecule has 78 valence electrons. The van der Waals surface area contributed by atoms with Crippen LogP contribution in [0.5, 0.6) is 0 Å². The zero-order valence-electron chi connectivity index (χ0n) is 9.19. The molecule has 1 aromatic rings. The van der Waals surface area contributed by atoms with Gasteiger partial charge in [0.25, 0.3) is 6.85 Å². The molecular weight excluding hydrogens is 193 g/mol. The number of fused-ring (bicyclic) bond motifs is 1.